The molecule has 0 radical (unpaired) electrons. The van der Waals surface area contributed by atoms with E-state index in [9.17, 15) is 4.79 Å². The summed E-state index contributed by atoms with van der Waals surface area (Å²) in [4.78, 5) is 15.0. The second-order valence-corrected chi connectivity index (χ2v) is 6.35. The summed E-state index contributed by atoms with van der Waals surface area (Å²) in [5.41, 5.74) is 4.22. The van der Waals surface area contributed by atoms with E-state index in [1.54, 1.807) is 0 Å². The Labute approximate surface area is 134 Å². The highest BCUT2D eigenvalue weighted by Crippen LogP contribution is 2.26. The molecule has 0 bridgehead atoms. The lowest BCUT2D eigenvalue weighted by Crippen LogP contribution is -2.03. The molecule has 0 atom stereocenters. The smallest absolute Gasteiger partial charge is 0.309 e. The number of nitrogens with zero attached hydrogens (tertiary/aromatic N) is 1. The molecule has 0 unspecified atom stereocenters. The Morgan fingerprint density at radius 3 is 2.73 bits per heavy atom. The summed E-state index contributed by atoms with van der Waals surface area (Å²) in [7, 11) is 0. The van der Waals surface area contributed by atoms with Crippen LogP contribution in [-0.2, 0) is 17.6 Å². The second kappa shape index (κ2) is 7.40. The van der Waals surface area contributed by atoms with Crippen molar-refractivity contribution in [2.24, 2.45) is 0 Å². The number of hydrogen-bond donors (Lipinski definition) is 1. The van der Waals surface area contributed by atoms with Gasteiger partial charge in [-0.2, -0.15) is 0 Å². The van der Waals surface area contributed by atoms with Gasteiger partial charge in [0.1, 0.15) is 5.75 Å². The lowest BCUT2D eigenvalue weighted by atomic mass is 10.1. The first kappa shape index (κ1) is 16.5. The number of aromatic nitrogens is 1. The molecule has 5 heteroatoms. The van der Waals surface area contributed by atoms with Crippen LogP contribution in [0.15, 0.2) is 17.5 Å². The zero-order chi connectivity index (χ0) is 16.1. The SMILES string of the molecule is Cc1ccc(C)c(OCCCc2nc(CC(=O)O)cs2)c1C. The van der Waals surface area contributed by atoms with Crippen LogP contribution in [0, 0.1) is 20.8 Å². The van der Waals surface area contributed by atoms with Crippen LogP contribution in [0.3, 0.4) is 0 Å². The van der Waals surface area contributed by atoms with E-state index in [0.717, 1.165) is 29.2 Å². The van der Waals surface area contributed by atoms with Gasteiger partial charge in [0, 0.05) is 11.8 Å². The molecule has 22 heavy (non-hydrogen) atoms. The molecule has 118 valence electrons. The highest BCUT2D eigenvalue weighted by molar-refractivity contribution is 7.09. The number of hydrogen-bond acceptors (Lipinski definition) is 4. The fourth-order valence-electron chi connectivity index (χ4n) is 2.25. The molecule has 1 N–H and O–H groups in total. The largest absolute Gasteiger partial charge is 0.493 e. The normalized spacial score (nSPS) is 10.7. The predicted molar refractivity (Wildman–Crippen MR) is 87.9 cm³/mol. The molecule has 0 aliphatic carbocycles. The van der Waals surface area contributed by atoms with Gasteiger partial charge in [0.2, 0.25) is 0 Å². The maximum Gasteiger partial charge on any atom is 0.309 e. The van der Waals surface area contributed by atoms with Crippen molar-refractivity contribution in [1.82, 2.24) is 4.98 Å². The highest BCUT2D eigenvalue weighted by Gasteiger charge is 2.08. The Hall–Kier alpha value is -1.88. The minimum atomic E-state index is -0.842. The Morgan fingerprint density at radius 1 is 1.27 bits per heavy atom. The van der Waals surface area contributed by atoms with Crippen molar-refractivity contribution in [3.05, 3.63) is 44.9 Å². The number of carbonyl (C=O) groups is 1. The van der Waals surface area contributed by atoms with Crippen molar-refractivity contribution in [2.75, 3.05) is 6.61 Å². The lowest BCUT2D eigenvalue weighted by molar-refractivity contribution is -0.136. The third kappa shape index (κ3) is 4.31. The van der Waals surface area contributed by atoms with Gasteiger partial charge >= 0.3 is 5.97 Å². The fourth-order valence-corrected chi connectivity index (χ4v) is 3.09. The van der Waals surface area contributed by atoms with Crippen LogP contribution in [0.1, 0.15) is 33.8 Å². The average molecular weight is 319 g/mol. The quantitative estimate of drug-likeness (QED) is 0.790. The first-order valence-electron chi connectivity index (χ1n) is 7.32. The Morgan fingerprint density at radius 2 is 2.00 bits per heavy atom. The van der Waals surface area contributed by atoms with Gasteiger partial charge in [-0.1, -0.05) is 12.1 Å². The van der Waals surface area contributed by atoms with Crippen molar-refractivity contribution in [3.63, 3.8) is 0 Å². The topological polar surface area (TPSA) is 59.4 Å². The van der Waals surface area contributed by atoms with E-state index in [-0.39, 0.29) is 6.42 Å². The molecule has 0 amide bonds. The van der Waals surface area contributed by atoms with Gasteiger partial charge in [-0.05, 0) is 43.9 Å². The van der Waals surface area contributed by atoms with Crippen molar-refractivity contribution in [3.8, 4) is 5.75 Å². The number of benzene rings is 1. The molecular formula is C17H21NO3S. The van der Waals surface area contributed by atoms with Gasteiger partial charge in [-0.25, -0.2) is 4.98 Å². The summed E-state index contributed by atoms with van der Waals surface area (Å²) < 4.78 is 5.92. The van der Waals surface area contributed by atoms with Crippen LogP contribution in [0.2, 0.25) is 0 Å². The Bertz CT molecular complexity index is 664. The number of thiazole rings is 1. The van der Waals surface area contributed by atoms with E-state index in [1.807, 2.05) is 5.38 Å². The van der Waals surface area contributed by atoms with Crippen molar-refractivity contribution in [1.29, 1.82) is 0 Å². The fraction of sp³-hybridized carbons (Fsp3) is 0.412. The third-order valence-electron chi connectivity index (χ3n) is 3.59. The van der Waals surface area contributed by atoms with Crippen LogP contribution < -0.4 is 4.74 Å². The van der Waals surface area contributed by atoms with E-state index in [2.05, 4.69) is 37.9 Å². The molecule has 0 saturated carbocycles. The Balaban J connectivity index is 1.84. The molecule has 1 heterocycles. The van der Waals surface area contributed by atoms with Crippen LogP contribution in [-0.4, -0.2) is 22.7 Å². The predicted octanol–water partition coefficient (Wildman–Crippen LogP) is 3.71. The molecule has 1 aromatic heterocycles. The molecule has 0 aliphatic rings. The summed E-state index contributed by atoms with van der Waals surface area (Å²) in [6.45, 7) is 6.86. The molecule has 2 aromatic rings. The van der Waals surface area contributed by atoms with Crippen LogP contribution in [0.4, 0.5) is 0 Å². The summed E-state index contributed by atoms with van der Waals surface area (Å²) in [6.07, 6.45) is 1.68. The second-order valence-electron chi connectivity index (χ2n) is 5.41. The van der Waals surface area contributed by atoms with Crippen molar-refractivity contribution < 1.29 is 14.6 Å². The van der Waals surface area contributed by atoms with Crippen LogP contribution in [0.5, 0.6) is 5.75 Å². The van der Waals surface area contributed by atoms with Gasteiger partial charge in [0.25, 0.3) is 0 Å². The number of aliphatic carboxylic acids is 1. The number of carboxylic acid groups (broad SMARTS) is 1. The van der Waals surface area contributed by atoms with Crippen molar-refractivity contribution >= 4 is 17.3 Å². The number of aryl methyl sites for hydroxylation is 3. The molecule has 4 nitrogen and oxygen atoms in total. The first-order chi connectivity index (χ1) is 10.5. The number of ether oxygens (including phenoxy) is 1. The van der Waals surface area contributed by atoms with E-state index in [1.165, 1.54) is 22.5 Å². The van der Waals surface area contributed by atoms with Gasteiger partial charge in [0.15, 0.2) is 0 Å². The minimum Gasteiger partial charge on any atom is -0.493 e. The molecule has 1 aromatic carbocycles. The van der Waals surface area contributed by atoms with Crippen LogP contribution >= 0.6 is 11.3 Å². The maximum atomic E-state index is 10.6. The van der Waals surface area contributed by atoms with E-state index < -0.39 is 5.97 Å². The van der Waals surface area contributed by atoms with Crippen LogP contribution in [0.25, 0.3) is 0 Å². The Kier molecular flexibility index (Phi) is 5.55. The summed E-state index contributed by atoms with van der Waals surface area (Å²) in [5, 5.41) is 11.5. The van der Waals surface area contributed by atoms with Gasteiger partial charge < -0.3 is 9.84 Å². The lowest BCUT2D eigenvalue weighted by Gasteiger charge is -2.13. The minimum absolute atomic E-state index is 0.00528. The van der Waals surface area contributed by atoms with Gasteiger partial charge in [-0.3, -0.25) is 4.79 Å². The van der Waals surface area contributed by atoms with Crippen molar-refractivity contribution in [2.45, 2.75) is 40.0 Å². The van der Waals surface area contributed by atoms with E-state index in [0.29, 0.717) is 12.3 Å². The molecule has 2 rings (SSSR count). The highest BCUT2D eigenvalue weighted by atomic mass is 32.1. The summed E-state index contributed by atoms with van der Waals surface area (Å²) >= 11 is 1.52. The maximum absolute atomic E-state index is 10.6. The molecule has 0 fully saturated rings. The van der Waals surface area contributed by atoms with E-state index in [4.69, 9.17) is 9.84 Å². The molecule has 0 spiro atoms. The van der Waals surface area contributed by atoms with E-state index >= 15 is 0 Å². The summed E-state index contributed by atoms with van der Waals surface area (Å²) in [6, 6.07) is 4.19. The third-order valence-corrected chi connectivity index (χ3v) is 4.54. The summed E-state index contributed by atoms with van der Waals surface area (Å²) in [5.74, 6) is 0.135. The zero-order valence-corrected chi connectivity index (χ0v) is 14.0. The average Bonchev–Trinajstić information content (AvgIpc) is 2.89. The first-order valence-corrected chi connectivity index (χ1v) is 8.20. The standard InChI is InChI=1S/C17H21NO3S/c1-11-6-7-12(2)17(13(11)3)21-8-4-5-15-18-14(10-22-15)9-16(19)20/h6-7,10H,4-5,8-9H2,1-3H3,(H,19,20). The molecule has 0 aliphatic heterocycles. The number of carboxylic acids is 1. The number of rotatable bonds is 7. The molecular weight excluding hydrogens is 298 g/mol. The van der Waals surface area contributed by atoms with Gasteiger partial charge in [-0.15, -0.1) is 11.3 Å². The molecule has 0 saturated heterocycles. The zero-order valence-electron chi connectivity index (χ0n) is 13.2. The monoisotopic (exact) mass is 319 g/mol. The van der Waals surface area contributed by atoms with Gasteiger partial charge in [0.05, 0.1) is 23.7 Å².